The quantitative estimate of drug-likeness (QED) is 0.141. The van der Waals surface area contributed by atoms with Crippen LogP contribution in [0.15, 0.2) is 65.3 Å². The van der Waals surface area contributed by atoms with Crippen LogP contribution in [0.1, 0.15) is 48.9 Å². The van der Waals surface area contributed by atoms with Crippen molar-refractivity contribution in [2.45, 2.75) is 39.7 Å². The van der Waals surface area contributed by atoms with Crippen LogP contribution in [0, 0.1) is 18.3 Å². The third kappa shape index (κ3) is 8.46. The van der Waals surface area contributed by atoms with Crippen molar-refractivity contribution in [3.05, 3.63) is 82.8 Å². The van der Waals surface area contributed by atoms with Crippen molar-refractivity contribution in [3.63, 3.8) is 0 Å². The Kier molecular flexibility index (Phi) is 10.9. The zero-order valence-corrected chi connectivity index (χ0v) is 27.3. The first kappa shape index (κ1) is 34.5. The van der Waals surface area contributed by atoms with E-state index >= 15 is 0 Å². The van der Waals surface area contributed by atoms with Crippen molar-refractivity contribution in [3.8, 4) is 34.2 Å². The molecule has 2 aromatic heterocycles. The number of ether oxygens (including phenoxy) is 2. The monoisotopic (exact) mass is 659 g/mol. The number of pyridine rings is 1. The number of aryl methyl sites for hydroxylation is 1. The normalized spacial score (nSPS) is 11.0. The van der Waals surface area contributed by atoms with E-state index in [0.717, 1.165) is 0 Å². The second kappa shape index (κ2) is 14.8. The molecule has 2 heterocycles. The van der Waals surface area contributed by atoms with Crippen LogP contribution < -0.4 is 15.4 Å². The maximum Gasteiger partial charge on any atom is 0.407 e. The highest BCUT2D eigenvalue weighted by Gasteiger charge is 2.26. The first-order chi connectivity index (χ1) is 22.3. The smallest absolute Gasteiger partial charge is 0.407 e. The van der Waals surface area contributed by atoms with Crippen molar-refractivity contribution in [1.29, 1.82) is 5.26 Å². The Hall–Kier alpha value is -5.38. The van der Waals surface area contributed by atoms with Crippen LogP contribution in [0.5, 0.6) is 5.75 Å². The summed E-state index contributed by atoms with van der Waals surface area (Å²) in [6.07, 6.45) is 0.200. The van der Waals surface area contributed by atoms with Gasteiger partial charge in [0.25, 0.3) is 5.91 Å². The summed E-state index contributed by atoms with van der Waals surface area (Å²) in [6, 6.07) is 17.2. The lowest BCUT2D eigenvalue weighted by atomic mass is 9.97. The lowest BCUT2D eigenvalue weighted by Crippen LogP contribution is -2.46. The Balaban J connectivity index is 1.77. The van der Waals surface area contributed by atoms with Gasteiger partial charge in [-0.25, -0.2) is 9.78 Å². The van der Waals surface area contributed by atoms with Crippen molar-refractivity contribution in [1.82, 2.24) is 9.88 Å². The molecule has 4 aromatic rings. The van der Waals surface area contributed by atoms with Crippen LogP contribution in [0.25, 0.3) is 22.4 Å². The molecule has 47 heavy (non-hydrogen) atoms. The number of carboxylic acid groups (broad SMARTS) is 1. The van der Waals surface area contributed by atoms with Gasteiger partial charge in [-0.2, -0.15) is 5.26 Å². The van der Waals surface area contributed by atoms with Crippen LogP contribution in [0.3, 0.4) is 0 Å². The number of carbonyl (C=O) groups excluding carboxylic acids is 2. The summed E-state index contributed by atoms with van der Waals surface area (Å²) in [5.74, 6) is -0.599. The summed E-state index contributed by atoms with van der Waals surface area (Å²) in [6.45, 7) is 6.90. The first-order valence-corrected chi connectivity index (χ1v) is 14.8. The number of anilines is 2. The number of amides is 3. The Bertz CT molecular complexity index is 1840. The fourth-order valence-corrected chi connectivity index (χ4v) is 4.92. The number of rotatable bonds is 11. The number of aromatic nitrogens is 1. The van der Waals surface area contributed by atoms with Crippen molar-refractivity contribution in [2.75, 3.05) is 31.1 Å². The predicted molar refractivity (Wildman–Crippen MR) is 176 cm³/mol. The fraction of sp³-hybridized carbons (Fsp3) is 0.265. The summed E-state index contributed by atoms with van der Waals surface area (Å²) in [7, 11) is 1.48. The molecule has 0 aliphatic heterocycles. The van der Waals surface area contributed by atoms with E-state index in [9.17, 15) is 24.8 Å². The number of methoxy groups -OCH3 is 1. The average molecular weight is 660 g/mol. The van der Waals surface area contributed by atoms with Crippen molar-refractivity contribution >= 4 is 41.0 Å². The number of furan rings is 1. The predicted octanol–water partition coefficient (Wildman–Crippen LogP) is 7.18. The molecule has 0 saturated carbocycles. The summed E-state index contributed by atoms with van der Waals surface area (Å²) < 4.78 is 16.2. The highest BCUT2D eigenvalue weighted by atomic mass is 35.5. The maximum atomic E-state index is 13.2. The van der Waals surface area contributed by atoms with Gasteiger partial charge in [-0.05, 0) is 75.7 Å². The van der Waals surface area contributed by atoms with Crippen LogP contribution in [-0.4, -0.2) is 58.9 Å². The third-order valence-corrected chi connectivity index (χ3v) is 7.28. The van der Waals surface area contributed by atoms with Gasteiger partial charge in [0.15, 0.2) is 18.4 Å². The van der Waals surface area contributed by atoms with Crippen molar-refractivity contribution in [2.24, 2.45) is 0 Å². The molecule has 12 nitrogen and oxygen atoms in total. The highest BCUT2D eigenvalue weighted by Crippen LogP contribution is 2.38. The fourth-order valence-electron chi connectivity index (χ4n) is 4.75. The summed E-state index contributed by atoms with van der Waals surface area (Å²) in [5, 5.41) is 25.8. The Morgan fingerprint density at radius 3 is 2.49 bits per heavy atom. The van der Waals surface area contributed by atoms with E-state index in [-0.39, 0.29) is 36.9 Å². The Morgan fingerprint density at radius 2 is 1.85 bits per heavy atom. The SMILES string of the molecule is COCOc1cc(Cl)ccc1-c1cc(-c2cccc(NC(=O)CCN(C(=O)O)C(C)(C)C)c2)c(C#N)c(NC(=O)c2occc2C)n1. The van der Waals surface area contributed by atoms with Gasteiger partial charge in [0.2, 0.25) is 5.91 Å². The molecule has 0 unspecified atom stereocenters. The molecule has 13 heteroatoms. The van der Waals surface area contributed by atoms with Gasteiger partial charge in [0, 0.05) is 53.0 Å². The van der Waals surface area contributed by atoms with E-state index in [0.29, 0.717) is 44.4 Å². The first-order valence-electron chi connectivity index (χ1n) is 14.5. The Labute approximate surface area is 276 Å². The zero-order chi connectivity index (χ0) is 34.3. The number of hydrogen-bond donors (Lipinski definition) is 3. The lowest BCUT2D eigenvalue weighted by molar-refractivity contribution is -0.116. The highest BCUT2D eigenvalue weighted by molar-refractivity contribution is 6.30. The minimum atomic E-state index is -1.12. The van der Waals surface area contributed by atoms with Crippen LogP contribution in [-0.2, 0) is 9.53 Å². The van der Waals surface area contributed by atoms with Crippen LogP contribution in [0.2, 0.25) is 5.02 Å². The van der Waals surface area contributed by atoms with Crippen LogP contribution >= 0.6 is 11.6 Å². The van der Waals surface area contributed by atoms with Crippen LogP contribution in [0.4, 0.5) is 16.3 Å². The summed E-state index contributed by atoms with van der Waals surface area (Å²) >= 11 is 6.25. The van der Waals surface area contributed by atoms with Gasteiger partial charge >= 0.3 is 6.09 Å². The van der Waals surface area contributed by atoms with E-state index in [2.05, 4.69) is 21.7 Å². The molecule has 3 amide bonds. The number of hydrogen-bond acceptors (Lipinski definition) is 8. The number of benzene rings is 2. The third-order valence-electron chi connectivity index (χ3n) is 7.04. The Morgan fingerprint density at radius 1 is 1.09 bits per heavy atom. The molecule has 0 spiro atoms. The molecule has 2 aromatic carbocycles. The van der Waals surface area contributed by atoms with E-state index in [1.807, 2.05) is 0 Å². The van der Waals surface area contributed by atoms with Gasteiger partial charge in [-0.15, -0.1) is 0 Å². The number of nitrogens with one attached hydrogen (secondary N) is 2. The number of carbonyl (C=O) groups is 3. The molecular formula is C34H34ClN5O7. The number of nitriles is 1. The molecule has 4 rings (SSSR count). The molecule has 3 N–H and O–H groups in total. The molecule has 0 atom stereocenters. The van der Waals surface area contributed by atoms with E-state index in [1.165, 1.54) is 18.3 Å². The van der Waals surface area contributed by atoms with Gasteiger partial charge < -0.3 is 34.5 Å². The van der Waals surface area contributed by atoms with Gasteiger partial charge in [0.05, 0.1) is 12.0 Å². The molecule has 0 aliphatic carbocycles. The van der Waals surface area contributed by atoms with Gasteiger partial charge in [-0.1, -0.05) is 23.7 Å². The maximum absolute atomic E-state index is 13.2. The minimum Gasteiger partial charge on any atom is -0.467 e. The molecule has 0 fully saturated rings. The molecule has 244 valence electrons. The largest absolute Gasteiger partial charge is 0.467 e. The minimum absolute atomic E-state index is 0.00339. The molecular weight excluding hydrogens is 626 g/mol. The van der Waals surface area contributed by atoms with Gasteiger partial charge in [-0.3, -0.25) is 9.59 Å². The lowest BCUT2D eigenvalue weighted by Gasteiger charge is -2.32. The van der Waals surface area contributed by atoms with E-state index in [4.69, 9.17) is 25.5 Å². The summed E-state index contributed by atoms with van der Waals surface area (Å²) in [4.78, 5) is 43.6. The molecule has 0 saturated heterocycles. The number of nitrogens with zero attached hydrogens (tertiary/aromatic N) is 3. The zero-order valence-electron chi connectivity index (χ0n) is 26.5. The average Bonchev–Trinajstić information content (AvgIpc) is 3.45. The summed E-state index contributed by atoms with van der Waals surface area (Å²) in [5.41, 5.74) is 2.18. The topological polar surface area (TPSA) is 167 Å². The van der Waals surface area contributed by atoms with Crippen molar-refractivity contribution < 1.29 is 33.4 Å². The van der Waals surface area contributed by atoms with E-state index < -0.39 is 23.4 Å². The second-order valence-electron chi connectivity index (χ2n) is 11.5. The van der Waals surface area contributed by atoms with E-state index in [1.54, 1.807) is 82.3 Å². The molecule has 0 aliphatic rings. The number of halogens is 1. The standard InChI is InChI=1S/C34H34ClN5O7/c1-20-12-14-46-30(20)32(42)39-31-26(18-36)25(17-27(38-31)24-10-9-22(35)16-28(24)47-19-45-5)21-7-6-8-23(15-21)37-29(41)11-13-40(33(43)44)34(2,3)4/h6-10,12,14-17H,11,13,19H2,1-5H3,(H,37,41)(H,43,44)(H,38,39,42). The molecule has 0 bridgehead atoms. The molecule has 0 radical (unpaired) electrons. The second-order valence-corrected chi connectivity index (χ2v) is 11.9. The van der Waals surface area contributed by atoms with Gasteiger partial charge in [0.1, 0.15) is 17.4 Å².